The minimum Gasteiger partial charge on any atom is -0.383 e. The number of benzene rings is 2. The lowest BCUT2D eigenvalue weighted by atomic mass is 10.2. The van der Waals surface area contributed by atoms with Crippen molar-refractivity contribution in [2.75, 3.05) is 16.4 Å². The zero-order valence-electron chi connectivity index (χ0n) is 12.2. The van der Waals surface area contributed by atoms with E-state index in [9.17, 15) is 0 Å². The summed E-state index contributed by atoms with van der Waals surface area (Å²) in [5.74, 6) is 1.52. The molecule has 1 heterocycles. The molecule has 5 heteroatoms. The maximum absolute atomic E-state index is 5.87. The monoisotopic (exact) mass is 291 g/mol. The van der Waals surface area contributed by atoms with Crippen molar-refractivity contribution in [1.29, 1.82) is 0 Å². The molecular formula is C17H17N5. The minimum atomic E-state index is 0.407. The van der Waals surface area contributed by atoms with Crippen LogP contribution in [-0.2, 0) is 0 Å². The van der Waals surface area contributed by atoms with Gasteiger partial charge in [0, 0.05) is 17.4 Å². The third-order valence-corrected chi connectivity index (χ3v) is 3.18. The van der Waals surface area contributed by atoms with Gasteiger partial charge in [-0.2, -0.15) is 9.97 Å². The zero-order valence-corrected chi connectivity index (χ0v) is 12.2. The third-order valence-electron chi connectivity index (χ3n) is 3.18. The highest BCUT2D eigenvalue weighted by molar-refractivity contribution is 5.64. The summed E-state index contributed by atoms with van der Waals surface area (Å²) < 4.78 is 0. The molecule has 0 atom stereocenters. The number of anilines is 5. The molecule has 0 spiro atoms. The molecule has 22 heavy (non-hydrogen) atoms. The van der Waals surface area contributed by atoms with Crippen molar-refractivity contribution in [3.63, 3.8) is 0 Å². The summed E-state index contributed by atoms with van der Waals surface area (Å²) >= 11 is 0. The van der Waals surface area contributed by atoms with Gasteiger partial charge in [-0.3, -0.25) is 0 Å². The Morgan fingerprint density at radius 1 is 0.864 bits per heavy atom. The first kappa shape index (κ1) is 13.9. The largest absolute Gasteiger partial charge is 0.383 e. The van der Waals surface area contributed by atoms with E-state index in [1.807, 2.05) is 61.5 Å². The molecule has 0 aliphatic rings. The summed E-state index contributed by atoms with van der Waals surface area (Å²) in [5, 5.41) is 6.41. The van der Waals surface area contributed by atoms with Gasteiger partial charge in [0.1, 0.15) is 11.6 Å². The fraction of sp³-hybridized carbons (Fsp3) is 0.0588. The van der Waals surface area contributed by atoms with Gasteiger partial charge in [0.05, 0.1) is 0 Å². The fourth-order valence-corrected chi connectivity index (χ4v) is 2.09. The van der Waals surface area contributed by atoms with Gasteiger partial charge in [-0.1, -0.05) is 36.4 Å². The summed E-state index contributed by atoms with van der Waals surface area (Å²) in [6.07, 6.45) is 0. The van der Waals surface area contributed by atoms with E-state index in [0.29, 0.717) is 17.6 Å². The number of rotatable bonds is 4. The Kier molecular flexibility index (Phi) is 3.87. The average molecular weight is 291 g/mol. The number of para-hydroxylation sites is 2. The Hall–Kier alpha value is -3.08. The minimum absolute atomic E-state index is 0.407. The average Bonchev–Trinajstić information content (AvgIpc) is 2.50. The van der Waals surface area contributed by atoms with Crippen molar-refractivity contribution in [2.45, 2.75) is 6.92 Å². The first-order valence-electron chi connectivity index (χ1n) is 7.00. The molecule has 0 bridgehead atoms. The number of nitrogens with zero attached hydrogens (tertiary/aromatic N) is 2. The number of nitrogens with two attached hydrogens (primary N) is 1. The summed E-state index contributed by atoms with van der Waals surface area (Å²) in [5.41, 5.74) is 8.91. The summed E-state index contributed by atoms with van der Waals surface area (Å²) in [4.78, 5) is 8.66. The van der Waals surface area contributed by atoms with Crippen LogP contribution in [0.3, 0.4) is 0 Å². The topological polar surface area (TPSA) is 75.9 Å². The van der Waals surface area contributed by atoms with E-state index < -0.39 is 0 Å². The molecule has 110 valence electrons. The van der Waals surface area contributed by atoms with Crippen LogP contribution in [0.2, 0.25) is 0 Å². The van der Waals surface area contributed by atoms with Gasteiger partial charge in [-0.15, -0.1) is 0 Å². The molecule has 0 saturated heterocycles. The first-order valence-corrected chi connectivity index (χ1v) is 7.00. The van der Waals surface area contributed by atoms with Crippen molar-refractivity contribution in [2.24, 2.45) is 0 Å². The molecule has 0 fully saturated rings. The molecule has 0 radical (unpaired) electrons. The van der Waals surface area contributed by atoms with E-state index >= 15 is 0 Å². The molecular weight excluding hydrogens is 274 g/mol. The van der Waals surface area contributed by atoms with Crippen molar-refractivity contribution >= 4 is 29.0 Å². The van der Waals surface area contributed by atoms with Crippen LogP contribution in [-0.4, -0.2) is 9.97 Å². The van der Waals surface area contributed by atoms with Crippen molar-refractivity contribution in [3.05, 3.63) is 66.2 Å². The standard InChI is InChI=1S/C17H17N5/c1-12-7-5-6-10-14(12)20-16-11-15(18)21-17(22-16)19-13-8-3-2-4-9-13/h2-11H,1H3,(H4,18,19,20,21,22). The molecule has 0 aliphatic carbocycles. The van der Waals surface area contributed by atoms with Crippen LogP contribution < -0.4 is 16.4 Å². The molecule has 1 aromatic heterocycles. The second-order valence-corrected chi connectivity index (χ2v) is 4.93. The highest BCUT2D eigenvalue weighted by atomic mass is 15.2. The van der Waals surface area contributed by atoms with Crippen LogP contribution in [0.1, 0.15) is 5.56 Å². The number of hydrogen-bond donors (Lipinski definition) is 3. The van der Waals surface area contributed by atoms with Gasteiger partial charge in [0.2, 0.25) is 5.95 Å². The normalized spacial score (nSPS) is 10.2. The summed E-state index contributed by atoms with van der Waals surface area (Å²) in [7, 11) is 0. The maximum atomic E-state index is 5.87. The maximum Gasteiger partial charge on any atom is 0.231 e. The number of aryl methyl sites for hydroxylation is 1. The van der Waals surface area contributed by atoms with E-state index in [4.69, 9.17) is 5.73 Å². The lowest BCUT2D eigenvalue weighted by Crippen LogP contribution is -2.04. The van der Waals surface area contributed by atoms with Gasteiger partial charge in [-0.25, -0.2) is 0 Å². The molecule has 3 aromatic rings. The highest BCUT2D eigenvalue weighted by Gasteiger charge is 2.05. The molecule has 0 unspecified atom stereocenters. The van der Waals surface area contributed by atoms with Crippen LogP contribution in [0.5, 0.6) is 0 Å². The fourth-order valence-electron chi connectivity index (χ4n) is 2.09. The Morgan fingerprint density at radius 2 is 1.59 bits per heavy atom. The number of aromatic nitrogens is 2. The van der Waals surface area contributed by atoms with E-state index in [1.54, 1.807) is 6.07 Å². The van der Waals surface area contributed by atoms with Gasteiger partial charge in [0.15, 0.2) is 0 Å². The molecule has 5 nitrogen and oxygen atoms in total. The van der Waals surface area contributed by atoms with Gasteiger partial charge >= 0.3 is 0 Å². The summed E-state index contributed by atoms with van der Waals surface area (Å²) in [6.45, 7) is 2.04. The Bertz CT molecular complexity index is 771. The Labute approximate surface area is 129 Å². The Morgan fingerprint density at radius 3 is 2.36 bits per heavy atom. The molecule has 0 amide bonds. The zero-order chi connectivity index (χ0) is 15.4. The lowest BCUT2D eigenvalue weighted by Gasteiger charge is -2.11. The third kappa shape index (κ3) is 3.32. The molecule has 4 N–H and O–H groups in total. The summed E-state index contributed by atoms with van der Waals surface area (Å²) in [6, 6.07) is 19.5. The smallest absolute Gasteiger partial charge is 0.231 e. The second kappa shape index (κ2) is 6.13. The predicted molar refractivity (Wildman–Crippen MR) is 90.6 cm³/mol. The molecule has 2 aromatic carbocycles. The number of nitrogen functional groups attached to an aromatic ring is 1. The van der Waals surface area contributed by atoms with Crippen molar-refractivity contribution < 1.29 is 0 Å². The lowest BCUT2D eigenvalue weighted by molar-refractivity contribution is 1.17. The van der Waals surface area contributed by atoms with Crippen LogP contribution in [0, 0.1) is 6.92 Å². The van der Waals surface area contributed by atoms with Gasteiger partial charge in [0.25, 0.3) is 0 Å². The molecule has 0 aliphatic heterocycles. The second-order valence-electron chi connectivity index (χ2n) is 4.93. The van der Waals surface area contributed by atoms with Crippen LogP contribution in [0.4, 0.5) is 29.0 Å². The first-order chi connectivity index (χ1) is 10.7. The van der Waals surface area contributed by atoms with Crippen molar-refractivity contribution in [3.8, 4) is 0 Å². The number of nitrogens with one attached hydrogen (secondary N) is 2. The van der Waals surface area contributed by atoms with Crippen LogP contribution in [0.25, 0.3) is 0 Å². The van der Waals surface area contributed by atoms with E-state index in [1.165, 1.54) is 0 Å². The highest BCUT2D eigenvalue weighted by Crippen LogP contribution is 2.22. The van der Waals surface area contributed by atoms with E-state index in [2.05, 4.69) is 20.6 Å². The van der Waals surface area contributed by atoms with Gasteiger partial charge in [-0.05, 0) is 30.7 Å². The molecule has 3 rings (SSSR count). The number of hydrogen-bond acceptors (Lipinski definition) is 5. The van der Waals surface area contributed by atoms with Crippen LogP contribution >= 0.6 is 0 Å². The van der Waals surface area contributed by atoms with Gasteiger partial charge < -0.3 is 16.4 Å². The van der Waals surface area contributed by atoms with E-state index in [-0.39, 0.29) is 0 Å². The molecule has 0 saturated carbocycles. The Balaban J connectivity index is 1.85. The quantitative estimate of drug-likeness (QED) is 0.680. The van der Waals surface area contributed by atoms with Crippen LogP contribution in [0.15, 0.2) is 60.7 Å². The van der Waals surface area contributed by atoms with Crippen molar-refractivity contribution in [1.82, 2.24) is 9.97 Å². The SMILES string of the molecule is Cc1ccccc1Nc1cc(N)nc(Nc2ccccc2)n1. The van der Waals surface area contributed by atoms with E-state index in [0.717, 1.165) is 16.9 Å². The predicted octanol–water partition coefficient (Wildman–Crippen LogP) is 3.85.